The minimum Gasteiger partial charge on any atom is -0.381 e. The fraction of sp³-hybridized carbons (Fsp3) is 0.643. The zero-order chi connectivity index (χ0) is 12.4. The van der Waals surface area contributed by atoms with Gasteiger partial charge in [-0.25, -0.2) is 0 Å². The van der Waals surface area contributed by atoms with Crippen LogP contribution in [-0.2, 0) is 4.74 Å². The highest BCUT2D eigenvalue weighted by Crippen LogP contribution is 2.29. The molecule has 1 aromatic rings. The van der Waals surface area contributed by atoms with Crippen molar-refractivity contribution in [1.29, 1.82) is 0 Å². The molecule has 0 bridgehead atoms. The highest BCUT2D eigenvalue weighted by molar-refractivity contribution is 6.30. The maximum Gasteiger partial charge on any atom is 0.0589 e. The Hall–Kier alpha value is -0.640. The van der Waals surface area contributed by atoms with Gasteiger partial charge < -0.3 is 4.74 Å². The molecule has 2 aliphatic heterocycles. The van der Waals surface area contributed by atoms with Crippen LogP contribution in [0.4, 0.5) is 0 Å². The Morgan fingerprint density at radius 1 is 1.22 bits per heavy atom. The van der Waals surface area contributed by atoms with Gasteiger partial charge in [0.1, 0.15) is 0 Å². The molecule has 18 heavy (non-hydrogen) atoms. The number of halogens is 1. The zero-order valence-electron chi connectivity index (χ0n) is 10.5. The normalized spacial score (nSPS) is 26.6. The van der Waals surface area contributed by atoms with Crippen molar-refractivity contribution in [1.82, 2.24) is 9.88 Å². The molecule has 3 heterocycles. The first-order chi connectivity index (χ1) is 8.83. The number of likely N-dealkylation sites (tertiary alicyclic amines) is 1. The molecule has 0 unspecified atom stereocenters. The molecule has 98 valence electrons. The summed E-state index contributed by atoms with van der Waals surface area (Å²) in [5.41, 5.74) is 1.19. The Labute approximate surface area is 113 Å². The number of hydrogen-bond donors (Lipinski definition) is 0. The highest BCUT2D eigenvalue weighted by Gasteiger charge is 2.30. The molecule has 0 radical (unpaired) electrons. The van der Waals surface area contributed by atoms with Crippen molar-refractivity contribution in [3.8, 4) is 0 Å². The molecular weight excluding hydrogens is 248 g/mol. The van der Waals surface area contributed by atoms with E-state index in [9.17, 15) is 0 Å². The van der Waals surface area contributed by atoms with E-state index in [1.165, 1.54) is 31.5 Å². The predicted octanol–water partition coefficient (Wildman–Crippen LogP) is 2.70. The second-order valence-electron chi connectivity index (χ2n) is 5.23. The fourth-order valence-corrected chi connectivity index (χ4v) is 3.15. The van der Waals surface area contributed by atoms with Crippen LogP contribution in [0.3, 0.4) is 0 Å². The molecule has 0 saturated carbocycles. The van der Waals surface area contributed by atoms with Gasteiger partial charge in [-0.05, 0) is 37.9 Å². The molecule has 1 aromatic heterocycles. The third-order valence-corrected chi connectivity index (χ3v) is 4.32. The maximum atomic E-state index is 5.88. The summed E-state index contributed by atoms with van der Waals surface area (Å²) in [5.74, 6) is 0.574. The number of hydrogen-bond acceptors (Lipinski definition) is 3. The minimum atomic E-state index is 0.574. The molecule has 1 atom stereocenters. The lowest BCUT2D eigenvalue weighted by Crippen LogP contribution is -2.37. The van der Waals surface area contributed by atoms with Gasteiger partial charge in [-0.15, -0.1) is 0 Å². The van der Waals surface area contributed by atoms with Crippen LogP contribution in [0.25, 0.3) is 0 Å². The standard InChI is InChI=1S/C14H19ClN2O/c15-12-1-2-14(16-9-12)11-3-6-17(10-11)13-4-7-18-8-5-13/h1-2,9,11,13H,3-8,10H2/t11-/m0/s1. The Morgan fingerprint density at radius 3 is 2.78 bits per heavy atom. The average Bonchev–Trinajstić information content (AvgIpc) is 2.90. The monoisotopic (exact) mass is 266 g/mol. The van der Waals surface area contributed by atoms with Gasteiger partial charge in [0.2, 0.25) is 0 Å². The second-order valence-corrected chi connectivity index (χ2v) is 5.66. The SMILES string of the molecule is Clc1ccc([C@H]2CCN(C3CCOCC3)C2)nc1. The van der Waals surface area contributed by atoms with Crippen molar-refractivity contribution in [3.63, 3.8) is 0 Å². The van der Waals surface area contributed by atoms with Crippen molar-refractivity contribution >= 4 is 11.6 Å². The molecule has 3 nitrogen and oxygen atoms in total. The van der Waals surface area contributed by atoms with Crippen LogP contribution in [0, 0.1) is 0 Å². The predicted molar refractivity (Wildman–Crippen MR) is 72.0 cm³/mol. The highest BCUT2D eigenvalue weighted by atomic mass is 35.5. The van der Waals surface area contributed by atoms with Crippen LogP contribution >= 0.6 is 11.6 Å². The summed E-state index contributed by atoms with van der Waals surface area (Å²) in [6.07, 6.45) is 5.33. The number of aromatic nitrogens is 1. The van der Waals surface area contributed by atoms with E-state index >= 15 is 0 Å². The summed E-state index contributed by atoms with van der Waals surface area (Å²) in [4.78, 5) is 7.07. The molecule has 2 fully saturated rings. The van der Waals surface area contributed by atoms with E-state index in [0.29, 0.717) is 5.92 Å². The first-order valence-corrected chi connectivity index (χ1v) is 7.14. The largest absolute Gasteiger partial charge is 0.381 e. The van der Waals surface area contributed by atoms with Crippen molar-refractivity contribution in [3.05, 3.63) is 29.0 Å². The Kier molecular flexibility index (Phi) is 3.83. The third kappa shape index (κ3) is 2.68. The Balaban J connectivity index is 1.62. The summed E-state index contributed by atoms with van der Waals surface area (Å²) in [6, 6.07) is 4.73. The van der Waals surface area contributed by atoms with Gasteiger partial charge in [-0.1, -0.05) is 11.6 Å². The van der Waals surface area contributed by atoms with E-state index in [4.69, 9.17) is 16.3 Å². The van der Waals surface area contributed by atoms with Crippen molar-refractivity contribution in [2.75, 3.05) is 26.3 Å². The minimum absolute atomic E-state index is 0.574. The molecule has 2 aliphatic rings. The molecule has 3 rings (SSSR count). The molecule has 0 amide bonds. The van der Waals surface area contributed by atoms with E-state index in [1.807, 2.05) is 6.07 Å². The zero-order valence-corrected chi connectivity index (χ0v) is 11.3. The van der Waals surface area contributed by atoms with Crippen LogP contribution in [0.15, 0.2) is 18.3 Å². The summed E-state index contributed by atoms with van der Waals surface area (Å²) in [5, 5.41) is 0.720. The van der Waals surface area contributed by atoms with E-state index in [2.05, 4.69) is 16.0 Å². The van der Waals surface area contributed by atoms with Gasteiger partial charge in [0.15, 0.2) is 0 Å². The summed E-state index contributed by atoms with van der Waals surface area (Å²) >= 11 is 5.88. The lowest BCUT2D eigenvalue weighted by molar-refractivity contribution is 0.0419. The number of nitrogens with zero attached hydrogens (tertiary/aromatic N) is 2. The van der Waals surface area contributed by atoms with Crippen LogP contribution in [-0.4, -0.2) is 42.2 Å². The average molecular weight is 267 g/mol. The van der Waals surface area contributed by atoms with Gasteiger partial charge in [0, 0.05) is 43.6 Å². The van der Waals surface area contributed by atoms with E-state index in [1.54, 1.807) is 6.20 Å². The lowest BCUT2D eigenvalue weighted by Gasteiger charge is -2.31. The van der Waals surface area contributed by atoms with Gasteiger partial charge in [-0.3, -0.25) is 9.88 Å². The quantitative estimate of drug-likeness (QED) is 0.823. The van der Waals surface area contributed by atoms with E-state index in [-0.39, 0.29) is 0 Å². The van der Waals surface area contributed by atoms with Crippen molar-refractivity contribution < 1.29 is 4.74 Å². The lowest BCUT2D eigenvalue weighted by atomic mass is 10.0. The van der Waals surface area contributed by atoms with Crippen molar-refractivity contribution in [2.45, 2.75) is 31.2 Å². The van der Waals surface area contributed by atoms with Crippen LogP contribution < -0.4 is 0 Å². The maximum absolute atomic E-state index is 5.88. The van der Waals surface area contributed by atoms with Crippen LogP contribution in [0.5, 0.6) is 0 Å². The summed E-state index contributed by atoms with van der Waals surface area (Å²) < 4.78 is 5.43. The second kappa shape index (κ2) is 5.55. The molecule has 0 N–H and O–H groups in total. The van der Waals surface area contributed by atoms with E-state index < -0.39 is 0 Å². The van der Waals surface area contributed by atoms with Crippen molar-refractivity contribution in [2.24, 2.45) is 0 Å². The van der Waals surface area contributed by atoms with Gasteiger partial charge in [0.05, 0.1) is 5.02 Å². The topological polar surface area (TPSA) is 25.4 Å². The molecule has 0 aromatic carbocycles. The Bertz CT molecular complexity index is 389. The van der Waals surface area contributed by atoms with Gasteiger partial charge in [0.25, 0.3) is 0 Å². The smallest absolute Gasteiger partial charge is 0.0589 e. The first-order valence-electron chi connectivity index (χ1n) is 6.76. The molecular formula is C14H19ClN2O. The van der Waals surface area contributed by atoms with E-state index in [0.717, 1.165) is 30.8 Å². The molecule has 0 spiro atoms. The molecule has 4 heteroatoms. The number of pyridine rings is 1. The van der Waals surface area contributed by atoms with Crippen LogP contribution in [0.2, 0.25) is 5.02 Å². The number of rotatable bonds is 2. The third-order valence-electron chi connectivity index (χ3n) is 4.10. The first kappa shape index (κ1) is 12.4. The van der Waals surface area contributed by atoms with Crippen LogP contribution in [0.1, 0.15) is 30.9 Å². The van der Waals surface area contributed by atoms with Gasteiger partial charge >= 0.3 is 0 Å². The Morgan fingerprint density at radius 2 is 2.06 bits per heavy atom. The molecule has 2 saturated heterocycles. The summed E-state index contributed by atoms with van der Waals surface area (Å²) in [6.45, 7) is 4.18. The molecule has 0 aliphatic carbocycles. The number of ether oxygens (including phenoxy) is 1. The van der Waals surface area contributed by atoms with Gasteiger partial charge in [-0.2, -0.15) is 0 Å². The summed E-state index contributed by atoms with van der Waals surface area (Å²) in [7, 11) is 0. The fourth-order valence-electron chi connectivity index (χ4n) is 3.04.